The van der Waals surface area contributed by atoms with Crippen molar-refractivity contribution in [1.29, 1.82) is 0 Å². The number of thiophene rings is 1. The van der Waals surface area contributed by atoms with Gasteiger partial charge in [0.05, 0.1) is 22.5 Å². The highest BCUT2D eigenvalue weighted by Gasteiger charge is 2.47. The minimum atomic E-state index is -0.616. The summed E-state index contributed by atoms with van der Waals surface area (Å²) in [5, 5.41) is 1.26. The van der Waals surface area contributed by atoms with E-state index in [4.69, 9.17) is 15.0 Å². The first-order chi connectivity index (χ1) is 29.5. The van der Waals surface area contributed by atoms with E-state index >= 15 is 0 Å². The number of rotatable bonds is 8. The molecule has 0 amide bonds. The smallest absolute Gasteiger partial charge is 0.164 e. The van der Waals surface area contributed by atoms with Crippen LogP contribution < -0.4 is 4.90 Å². The predicted octanol–water partition coefficient (Wildman–Crippen LogP) is 14.4. The molecule has 0 bridgehead atoms. The fourth-order valence-corrected chi connectivity index (χ4v) is 10.4. The first-order valence-electron chi connectivity index (χ1n) is 20.3. The predicted molar refractivity (Wildman–Crippen MR) is 252 cm³/mol. The van der Waals surface area contributed by atoms with E-state index in [2.05, 4.69) is 148 Å². The quantitative estimate of drug-likeness (QED) is 0.144. The molecule has 0 saturated heterocycles. The molecule has 10 rings (SSSR count). The Morgan fingerprint density at radius 3 is 1.57 bits per heavy atom. The fourth-order valence-electron chi connectivity index (χ4n) is 9.23. The van der Waals surface area contributed by atoms with Crippen molar-refractivity contribution in [3.63, 3.8) is 0 Å². The lowest BCUT2D eigenvalue weighted by molar-refractivity contribution is 0.738. The fraction of sp³-hybridized carbons (Fsp3) is 0.0727. The van der Waals surface area contributed by atoms with E-state index in [-0.39, 0.29) is 0 Å². The molecule has 288 valence electrons. The van der Waals surface area contributed by atoms with Crippen LogP contribution >= 0.6 is 11.3 Å². The van der Waals surface area contributed by atoms with Crippen LogP contribution in [0.15, 0.2) is 189 Å². The summed E-state index contributed by atoms with van der Waals surface area (Å²) < 4.78 is 1.29. The summed E-state index contributed by atoms with van der Waals surface area (Å²) in [7, 11) is 0. The summed E-state index contributed by atoms with van der Waals surface area (Å²) in [6, 6.07) is 60.7. The first kappa shape index (κ1) is 37.1. The third kappa shape index (κ3) is 6.01. The Labute approximate surface area is 355 Å². The first-order valence-corrected chi connectivity index (χ1v) is 21.1. The van der Waals surface area contributed by atoms with Gasteiger partial charge in [0.1, 0.15) is 0 Å². The van der Waals surface area contributed by atoms with Crippen molar-refractivity contribution in [3.8, 4) is 34.2 Å². The number of fused-ring (bicyclic) bond motifs is 3. The molecule has 0 fully saturated rings. The molecule has 9 aromatic rings. The van der Waals surface area contributed by atoms with Crippen molar-refractivity contribution in [2.45, 2.75) is 26.2 Å². The van der Waals surface area contributed by atoms with Crippen LogP contribution in [-0.4, -0.2) is 15.0 Å². The molecule has 60 heavy (non-hydrogen) atoms. The van der Waals surface area contributed by atoms with Gasteiger partial charge in [0.15, 0.2) is 17.5 Å². The molecule has 1 aliphatic heterocycles. The van der Waals surface area contributed by atoms with Gasteiger partial charge in [0, 0.05) is 31.7 Å². The second-order valence-electron chi connectivity index (χ2n) is 15.3. The zero-order valence-corrected chi connectivity index (χ0v) is 34.6. The van der Waals surface area contributed by atoms with Gasteiger partial charge in [-0.25, -0.2) is 15.0 Å². The zero-order valence-electron chi connectivity index (χ0n) is 33.8. The van der Waals surface area contributed by atoms with E-state index in [1.54, 1.807) is 0 Å². The Hall–Kier alpha value is -7.21. The number of hydrogen-bond acceptors (Lipinski definition) is 5. The summed E-state index contributed by atoms with van der Waals surface area (Å²) in [6.45, 7) is 10.6. The maximum absolute atomic E-state index is 5.09. The van der Waals surface area contributed by atoms with Gasteiger partial charge in [-0.05, 0) is 84.0 Å². The summed E-state index contributed by atoms with van der Waals surface area (Å²) in [4.78, 5) is 18.9. The minimum Gasteiger partial charge on any atom is -0.309 e. The van der Waals surface area contributed by atoms with E-state index in [0.29, 0.717) is 17.5 Å². The highest BCUT2D eigenvalue weighted by Crippen LogP contribution is 2.60. The van der Waals surface area contributed by atoms with Gasteiger partial charge in [-0.1, -0.05) is 170 Å². The van der Waals surface area contributed by atoms with Gasteiger partial charge in [-0.15, -0.1) is 11.3 Å². The number of para-hydroxylation sites is 2. The molecule has 2 aromatic heterocycles. The second-order valence-corrected chi connectivity index (χ2v) is 16.6. The van der Waals surface area contributed by atoms with Crippen molar-refractivity contribution < 1.29 is 0 Å². The molecular weight excluding hydrogens is 749 g/mol. The van der Waals surface area contributed by atoms with Crippen LogP contribution in [0.25, 0.3) is 50.3 Å². The van der Waals surface area contributed by atoms with Crippen LogP contribution in [-0.2, 0) is 5.41 Å². The molecule has 0 N–H and O–H groups in total. The van der Waals surface area contributed by atoms with Gasteiger partial charge in [0.25, 0.3) is 0 Å². The van der Waals surface area contributed by atoms with E-state index in [9.17, 15) is 0 Å². The Bertz CT molecular complexity index is 2970. The van der Waals surface area contributed by atoms with E-state index in [0.717, 1.165) is 44.9 Å². The molecule has 0 saturated carbocycles. The van der Waals surface area contributed by atoms with Crippen molar-refractivity contribution in [2.75, 3.05) is 4.90 Å². The van der Waals surface area contributed by atoms with Crippen LogP contribution in [0.2, 0.25) is 0 Å². The van der Waals surface area contributed by atoms with Gasteiger partial charge in [-0.2, -0.15) is 0 Å². The molecule has 4 nitrogen and oxygen atoms in total. The highest BCUT2D eigenvalue weighted by atomic mass is 32.1. The number of benzene rings is 7. The maximum Gasteiger partial charge on any atom is 0.164 e. The van der Waals surface area contributed by atoms with Crippen molar-refractivity contribution >= 4 is 44.6 Å². The molecule has 0 radical (unpaired) electrons. The summed E-state index contributed by atoms with van der Waals surface area (Å²) >= 11 is 1.88. The van der Waals surface area contributed by atoms with Crippen molar-refractivity contribution in [1.82, 2.24) is 15.0 Å². The number of allylic oxidation sites excluding steroid dienone is 2. The Morgan fingerprint density at radius 1 is 0.533 bits per heavy atom. The molecule has 0 atom stereocenters. The van der Waals surface area contributed by atoms with Gasteiger partial charge < -0.3 is 4.90 Å². The molecule has 0 unspecified atom stereocenters. The van der Waals surface area contributed by atoms with Gasteiger partial charge in [0.2, 0.25) is 0 Å². The standard InChI is InChI=1S/C55H42N4S/c1-5-6-27-43-38(4)60-51-44(43)28-20-31-47(51)55(42-25-14-9-15-26-42)45-29-16-18-32-48(45)59(49-33-19-17-30-46(49)55)50-36(2)34-41(35-37(50)3)54-57-52(39-21-10-7-11-22-39)56-53(58-54)40-23-12-8-13-24-40/h5-35H,1H2,2-4H3/b27-6-. The van der Waals surface area contributed by atoms with E-state index in [1.165, 1.54) is 42.8 Å². The molecule has 0 aliphatic carbocycles. The number of anilines is 3. The largest absolute Gasteiger partial charge is 0.309 e. The molecule has 3 heterocycles. The number of aryl methyl sites for hydroxylation is 3. The van der Waals surface area contributed by atoms with E-state index in [1.807, 2.05) is 84.2 Å². The average molecular weight is 791 g/mol. The molecule has 7 aromatic carbocycles. The van der Waals surface area contributed by atoms with Crippen LogP contribution in [0.5, 0.6) is 0 Å². The Morgan fingerprint density at radius 2 is 1.02 bits per heavy atom. The Kier molecular flexibility index (Phi) is 9.39. The number of aromatic nitrogens is 3. The van der Waals surface area contributed by atoms with Gasteiger partial charge in [-0.3, -0.25) is 0 Å². The normalized spacial score (nSPS) is 13.0. The van der Waals surface area contributed by atoms with Crippen molar-refractivity contribution in [3.05, 3.63) is 232 Å². The monoisotopic (exact) mass is 790 g/mol. The van der Waals surface area contributed by atoms with Crippen LogP contribution in [0.4, 0.5) is 17.1 Å². The molecule has 5 heteroatoms. The SMILES string of the molecule is C=C/C=C\c1c(C)sc2c(C3(c4ccccc4)c4ccccc4N(c4c(C)cc(-c5nc(-c6ccccc6)nc(-c6ccccc6)n5)cc4C)c4ccccc43)cccc12. The van der Waals surface area contributed by atoms with Crippen LogP contribution in [0, 0.1) is 20.8 Å². The third-order valence-electron chi connectivity index (χ3n) is 11.7. The lowest BCUT2D eigenvalue weighted by Gasteiger charge is -2.47. The third-order valence-corrected chi connectivity index (χ3v) is 12.9. The lowest BCUT2D eigenvalue weighted by atomic mass is 9.62. The molecule has 1 aliphatic rings. The summed E-state index contributed by atoms with van der Waals surface area (Å²) in [5.41, 5.74) is 14.1. The Balaban J connectivity index is 1.20. The second kappa shape index (κ2) is 15.2. The topological polar surface area (TPSA) is 41.9 Å². The number of nitrogens with zero attached hydrogens (tertiary/aromatic N) is 4. The average Bonchev–Trinajstić information content (AvgIpc) is 3.63. The van der Waals surface area contributed by atoms with Gasteiger partial charge >= 0.3 is 0 Å². The molecular formula is C55H42N4S. The maximum atomic E-state index is 5.09. The highest BCUT2D eigenvalue weighted by molar-refractivity contribution is 7.19. The van der Waals surface area contributed by atoms with Crippen LogP contribution in [0.3, 0.4) is 0 Å². The van der Waals surface area contributed by atoms with E-state index < -0.39 is 5.41 Å². The number of hydrogen-bond donors (Lipinski definition) is 0. The molecule has 0 spiro atoms. The summed E-state index contributed by atoms with van der Waals surface area (Å²) in [6.07, 6.45) is 6.09. The minimum absolute atomic E-state index is 0.616. The lowest BCUT2D eigenvalue weighted by Crippen LogP contribution is -2.38. The zero-order chi connectivity index (χ0) is 40.8. The van der Waals surface area contributed by atoms with Crippen molar-refractivity contribution in [2.24, 2.45) is 0 Å². The summed E-state index contributed by atoms with van der Waals surface area (Å²) in [5.74, 6) is 1.94. The van der Waals surface area contributed by atoms with Crippen LogP contribution in [0.1, 0.15) is 43.8 Å².